The van der Waals surface area contributed by atoms with Crippen molar-refractivity contribution in [2.24, 2.45) is 5.92 Å². The second-order valence-corrected chi connectivity index (χ2v) is 8.12. The predicted octanol–water partition coefficient (Wildman–Crippen LogP) is 3.40. The molecule has 2 rings (SSSR count). The summed E-state index contributed by atoms with van der Waals surface area (Å²) in [7, 11) is -3.18. The molecule has 4 heteroatoms. The molecule has 1 saturated carbocycles. The van der Waals surface area contributed by atoms with Gasteiger partial charge in [0.1, 0.15) is 5.75 Å². The van der Waals surface area contributed by atoms with E-state index in [-0.39, 0.29) is 11.5 Å². The average molecular weight is 282 g/mol. The fourth-order valence-electron chi connectivity index (χ4n) is 2.57. The van der Waals surface area contributed by atoms with E-state index in [1.807, 2.05) is 12.1 Å². The number of para-hydroxylation sites is 1. The van der Waals surface area contributed by atoms with Crippen molar-refractivity contribution in [1.29, 1.82) is 0 Å². The Bertz CT molecular complexity index is 559. The Morgan fingerprint density at radius 3 is 2.37 bits per heavy atom. The Morgan fingerprint density at radius 1 is 1.26 bits per heavy atom. The number of benzene rings is 1. The van der Waals surface area contributed by atoms with Gasteiger partial charge < -0.3 is 5.11 Å². The van der Waals surface area contributed by atoms with Crippen LogP contribution in [0.25, 0.3) is 0 Å². The third kappa shape index (κ3) is 2.78. The lowest BCUT2D eigenvalue weighted by atomic mass is 9.93. The first kappa shape index (κ1) is 14.4. The van der Waals surface area contributed by atoms with E-state index in [2.05, 4.69) is 6.92 Å². The summed E-state index contributed by atoms with van der Waals surface area (Å²) in [4.78, 5) is 0. The first-order valence-electron chi connectivity index (χ1n) is 6.91. The lowest BCUT2D eigenvalue weighted by Crippen LogP contribution is -2.13. The topological polar surface area (TPSA) is 54.4 Å². The second-order valence-electron chi connectivity index (χ2n) is 5.50. The van der Waals surface area contributed by atoms with Gasteiger partial charge in [0, 0.05) is 11.3 Å². The monoisotopic (exact) mass is 282 g/mol. The first-order valence-corrected chi connectivity index (χ1v) is 8.63. The number of phenolic OH excluding ortho intramolecular Hbond substituents is 1. The molecule has 0 aromatic heterocycles. The molecule has 1 fully saturated rings. The Labute approximate surface area is 115 Å². The standard InChI is InChI=1S/C15H22O3S/c1-4-19(17,18)11(3)14-7-5-6-13(15(14)16)10(2)12-8-9-12/h5-7,10-12,16H,4,8-9H2,1-3H3/t10-,11+/m0/s1. The summed E-state index contributed by atoms with van der Waals surface area (Å²) < 4.78 is 23.9. The van der Waals surface area contributed by atoms with Gasteiger partial charge in [0.2, 0.25) is 0 Å². The maximum Gasteiger partial charge on any atom is 0.156 e. The zero-order valence-corrected chi connectivity index (χ0v) is 12.6. The molecule has 0 saturated heterocycles. The summed E-state index contributed by atoms with van der Waals surface area (Å²) in [6.45, 7) is 5.40. The van der Waals surface area contributed by atoms with Crippen LogP contribution in [0, 0.1) is 5.92 Å². The smallest absolute Gasteiger partial charge is 0.156 e. The lowest BCUT2D eigenvalue weighted by molar-refractivity contribution is 0.450. The molecular formula is C15H22O3S. The molecule has 0 amide bonds. The van der Waals surface area contributed by atoms with Gasteiger partial charge in [0.25, 0.3) is 0 Å². The molecule has 106 valence electrons. The SMILES string of the molecule is CCS(=O)(=O)[C@H](C)c1cccc([C@@H](C)C2CC2)c1O. The molecule has 0 heterocycles. The fourth-order valence-corrected chi connectivity index (χ4v) is 3.65. The highest BCUT2D eigenvalue weighted by atomic mass is 32.2. The summed E-state index contributed by atoms with van der Waals surface area (Å²) >= 11 is 0. The van der Waals surface area contributed by atoms with E-state index in [4.69, 9.17) is 0 Å². The molecule has 3 nitrogen and oxygen atoms in total. The Hall–Kier alpha value is -1.03. The van der Waals surface area contributed by atoms with Crippen LogP contribution in [0.1, 0.15) is 55.9 Å². The van der Waals surface area contributed by atoms with Crippen LogP contribution >= 0.6 is 0 Å². The second kappa shape index (κ2) is 5.16. The van der Waals surface area contributed by atoms with Gasteiger partial charge in [-0.15, -0.1) is 0 Å². The van der Waals surface area contributed by atoms with Gasteiger partial charge in [0.15, 0.2) is 9.84 Å². The van der Waals surface area contributed by atoms with Crippen molar-refractivity contribution >= 4 is 9.84 Å². The van der Waals surface area contributed by atoms with Gasteiger partial charge in [-0.1, -0.05) is 32.0 Å². The Morgan fingerprint density at radius 2 is 1.84 bits per heavy atom. The van der Waals surface area contributed by atoms with Gasteiger partial charge in [-0.3, -0.25) is 0 Å². The van der Waals surface area contributed by atoms with Crippen LogP contribution in [0.15, 0.2) is 18.2 Å². The van der Waals surface area contributed by atoms with Gasteiger partial charge in [-0.25, -0.2) is 8.42 Å². The van der Waals surface area contributed by atoms with Gasteiger partial charge >= 0.3 is 0 Å². The number of phenols is 1. The highest BCUT2D eigenvalue weighted by Gasteiger charge is 2.32. The Balaban J connectivity index is 2.39. The molecule has 0 aliphatic heterocycles. The fraction of sp³-hybridized carbons (Fsp3) is 0.600. The number of sulfone groups is 1. The minimum absolute atomic E-state index is 0.0933. The summed E-state index contributed by atoms with van der Waals surface area (Å²) in [5, 5.41) is 9.75. The van der Waals surface area contributed by atoms with Gasteiger partial charge in [-0.05, 0) is 37.2 Å². The van der Waals surface area contributed by atoms with E-state index in [1.54, 1.807) is 19.9 Å². The zero-order chi connectivity index (χ0) is 14.2. The Kier molecular flexibility index (Phi) is 3.90. The molecule has 1 aromatic carbocycles. The van der Waals surface area contributed by atoms with E-state index in [0.29, 0.717) is 17.4 Å². The number of aromatic hydroxyl groups is 1. The summed E-state index contributed by atoms with van der Waals surface area (Å²) in [5.41, 5.74) is 1.42. The van der Waals surface area contributed by atoms with Crippen LogP contribution in [-0.4, -0.2) is 19.3 Å². The number of hydrogen-bond acceptors (Lipinski definition) is 3. The maximum atomic E-state index is 12.0. The average Bonchev–Trinajstić information content (AvgIpc) is 3.21. The van der Waals surface area contributed by atoms with Crippen LogP contribution in [0.4, 0.5) is 0 Å². The molecule has 0 unspecified atom stereocenters. The van der Waals surface area contributed by atoms with Crippen molar-refractivity contribution in [2.75, 3.05) is 5.75 Å². The van der Waals surface area contributed by atoms with Crippen LogP contribution in [-0.2, 0) is 9.84 Å². The largest absolute Gasteiger partial charge is 0.507 e. The van der Waals surface area contributed by atoms with Crippen molar-refractivity contribution in [2.45, 2.75) is 44.8 Å². The minimum Gasteiger partial charge on any atom is -0.507 e. The predicted molar refractivity (Wildman–Crippen MR) is 77.1 cm³/mol. The van der Waals surface area contributed by atoms with Crippen molar-refractivity contribution < 1.29 is 13.5 Å². The van der Waals surface area contributed by atoms with Crippen molar-refractivity contribution in [3.63, 3.8) is 0 Å². The molecule has 0 radical (unpaired) electrons. The van der Waals surface area contributed by atoms with E-state index < -0.39 is 15.1 Å². The molecule has 0 bridgehead atoms. The summed E-state index contributed by atoms with van der Waals surface area (Å²) in [6.07, 6.45) is 2.40. The van der Waals surface area contributed by atoms with E-state index in [1.165, 1.54) is 12.8 Å². The van der Waals surface area contributed by atoms with Gasteiger partial charge in [-0.2, -0.15) is 0 Å². The van der Waals surface area contributed by atoms with Gasteiger partial charge in [0.05, 0.1) is 5.25 Å². The highest BCUT2D eigenvalue weighted by Crippen LogP contribution is 2.46. The normalized spacial score (nSPS) is 19.1. The molecule has 19 heavy (non-hydrogen) atoms. The number of rotatable bonds is 5. The molecule has 1 aromatic rings. The highest BCUT2D eigenvalue weighted by molar-refractivity contribution is 7.91. The third-order valence-electron chi connectivity index (χ3n) is 4.30. The van der Waals surface area contributed by atoms with Crippen molar-refractivity contribution in [1.82, 2.24) is 0 Å². The first-order chi connectivity index (χ1) is 8.88. The zero-order valence-electron chi connectivity index (χ0n) is 11.8. The quantitative estimate of drug-likeness (QED) is 0.900. The molecule has 1 aliphatic rings. The third-order valence-corrected chi connectivity index (χ3v) is 6.43. The molecule has 1 N–H and O–H groups in total. The lowest BCUT2D eigenvalue weighted by Gasteiger charge is -2.19. The van der Waals surface area contributed by atoms with Crippen LogP contribution in [0.5, 0.6) is 5.75 Å². The number of hydrogen-bond donors (Lipinski definition) is 1. The van der Waals surface area contributed by atoms with Crippen LogP contribution < -0.4 is 0 Å². The van der Waals surface area contributed by atoms with E-state index in [9.17, 15) is 13.5 Å². The van der Waals surface area contributed by atoms with E-state index in [0.717, 1.165) is 5.56 Å². The van der Waals surface area contributed by atoms with Crippen molar-refractivity contribution in [3.8, 4) is 5.75 Å². The molecule has 1 aliphatic carbocycles. The van der Waals surface area contributed by atoms with Crippen LogP contribution in [0.3, 0.4) is 0 Å². The van der Waals surface area contributed by atoms with Crippen LogP contribution in [0.2, 0.25) is 0 Å². The van der Waals surface area contributed by atoms with E-state index >= 15 is 0 Å². The molecular weight excluding hydrogens is 260 g/mol. The maximum absolute atomic E-state index is 12.0. The molecule has 0 spiro atoms. The summed E-state index contributed by atoms with van der Waals surface area (Å²) in [6, 6.07) is 5.48. The summed E-state index contributed by atoms with van der Waals surface area (Å²) in [5.74, 6) is 1.21. The molecule has 2 atom stereocenters. The minimum atomic E-state index is -3.18. The van der Waals surface area contributed by atoms with Crippen molar-refractivity contribution in [3.05, 3.63) is 29.3 Å².